The largest absolute Gasteiger partial charge is 0.466 e. The van der Waals surface area contributed by atoms with E-state index in [9.17, 15) is 14.9 Å². The highest BCUT2D eigenvalue weighted by molar-refractivity contribution is 5.73. The first kappa shape index (κ1) is 25.3. The molecular formula is C29H28FN5O3. The first-order chi connectivity index (χ1) is 18.5. The Morgan fingerprint density at radius 2 is 2.00 bits per heavy atom. The molecule has 0 unspecified atom stereocenters. The number of aryl methyl sites for hydroxylation is 1. The summed E-state index contributed by atoms with van der Waals surface area (Å²) in [4.78, 5) is 30.4. The van der Waals surface area contributed by atoms with E-state index >= 15 is 4.39 Å². The van der Waals surface area contributed by atoms with E-state index in [0.717, 1.165) is 6.42 Å². The summed E-state index contributed by atoms with van der Waals surface area (Å²) in [5.41, 5.74) is 3.03. The number of nitrogens with zero attached hydrogens (tertiary/aromatic N) is 5. The average Bonchev–Trinajstić information content (AvgIpc) is 3.37. The minimum absolute atomic E-state index is 0.0873. The minimum atomic E-state index is -0.451. The summed E-state index contributed by atoms with van der Waals surface area (Å²) >= 11 is 0. The van der Waals surface area contributed by atoms with Crippen molar-refractivity contribution in [1.82, 2.24) is 19.2 Å². The summed E-state index contributed by atoms with van der Waals surface area (Å²) in [6, 6.07) is 13.8. The van der Waals surface area contributed by atoms with Crippen LogP contribution in [-0.4, -0.2) is 31.7 Å². The number of benzene rings is 2. The van der Waals surface area contributed by atoms with Crippen molar-refractivity contribution >= 4 is 11.7 Å². The summed E-state index contributed by atoms with van der Waals surface area (Å²) in [6.45, 7) is 4.09. The molecule has 0 saturated heterocycles. The van der Waals surface area contributed by atoms with Crippen molar-refractivity contribution in [2.24, 2.45) is 5.92 Å². The number of aromatic nitrogens is 4. The van der Waals surface area contributed by atoms with Gasteiger partial charge in [0.25, 0.3) is 5.56 Å². The van der Waals surface area contributed by atoms with Gasteiger partial charge in [0.05, 0.1) is 29.9 Å². The number of ether oxygens (including phenoxy) is 1. The van der Waals surface area contributed by atoms with E-state index in [1.807, 2.05) is 13.0 Å². The second-order valence-electron chi connectivity index (χ2n) is 9.54. The first-order valence-electron chi connectivity index (χ1n) is 12.9. The number of hydrogen-bond acceptors (Lipinski definition) is 6. The zero-order valence-corrected chi connectivity index (χ0v) is 21.4. The molecule has 1 fully saturated rings. The lowest BCUT2D eigenvalue weighted by Gasteiger charge is -2.35. The molecule has 5 rings (SSSR count). The fraction of sp³-hybridized carbons (Fsp3) is 0.345. The van der Waals surface area contributed by atoms with Crippen molar-refractivity contribution in [2.45, 2.75) is 52.0 Å². The van der Waals surface area contributed by atoms with Gasteiger partial charge >= 0.3 is 5.97 Å². The molecule has 0 spiro atoms. The molecule has 0 amide bonds. The maximum absolute atomic E-state index is 15.4. The van der Waals surface area contributed by atoms with Gasteiger partial charge in [-0.3, -0.25) is 14.2 Å². The van der Waals surface area contributed by atoms with Crippen LogP contribution in [0, 0.1) is 23.1 Å². The highest BCUT2D eigenvalue weighted by atomic mass is 19.1. The highest BCUT2D eigenvalue weighted by Gasteiger charge is 2.39. The number of rotatable bonds is 8. The predicted octanol–water partition coefficient (Wildman–Crippen LogP) is 4.63. The number of carbonyl (C=O) groups excluding carboxylic acids is 1. The Labute approximate surface area is 219 Å². The lowest BCUT2D eigenvalue weighted by molar-refractivity contribution is -0.152. The Balaban J connectivity index is 1.54. The molecule has 194 valence electrons. The van der Waals surface area contributed by atoms with E-state index in [2.05, 4.69) is 16.2 Å². The van der Waals surface area contributed by atoms with Crippen LogP contribution in [0.1, 0.15) is 61.5 Å². The fourth-order valence-corrected chi connectivity index (χ4v) is 5.21. The van der Waals surface area contributed by atoms with Gasteiger partial charge in [-0.15, -0.1) is 0 Å². The van der Waals surface area contributed by atoms with Crippen LogP contribution in [-0.2, 0) is 22.4 Å². The number of esters is 1. The van der Waals surface area contributed by atoms with E-state index in [1.165, 1.54) is 12.4 Å². The number of nitriles is 1. The van der Waals surface area contributed by atoms with Crippen LogP contribution in [0.15, 0.2) is 53.6 Å². The second kappa shape index (κ2) is 10.6. The van der Waals surface area contributed by atoms with Crippen molar-refractivity contribution in [3.8, 4) is 17.2 Å². The van der Waals surface area contributed by atoms with E-state index in [1.54, 1.807) is 46.3 Å². The van der Waals surface area contributed by atoms with Gasteiger partial charge in [-0.05, 0) is 55.0 Å². The second-order valence-corrected chi connectivity index (χ2v) is 9.54. The molecule has 0 radical (unpaired) electrons. The molecular weight excluding hydrogens is 485 g/mol. The molecule has 0 atom stereocenters. The van der Waals surface area contributed by atoms with Crippen molar-refractivity contribution in [1.29, 1.82) is 5.26 Å². The SMILES string of the molecule is CCCc1c(Cc2ccc(-c3ccccc3C#N)cc2F)c(=O)n([C@H]2C[C@H](C(=O)OCC)C2)c2ncnn12. The topological polar surface area (TPSA) is 102 Å². The van der Waals surface area contributed by atoms with Crippen molar-refractivity contribution in [3.63, 3.8) is 0 Å². The number of fused-ring (bicyclic) bond motifs is 1. The predicted molar refractivity (Wildman–Crippen MR) is 139 cm³/mol. The maximum Gasteiger partial charge on any atom is 0.309 e. The first-order valence-corrected chi connectivity index (χ1v) is 12.9. The Kier molecular flexibility index (Phi) is 7.05. The highest BCUT2D eigenvalue weighted by Crippen LogP contribution is 2.39. The van der Waals surface area contributed by atoms with Crippen molar-refractivity contribution in [3.05, 3.63) is 87.3 Å². The van der Waals surface area contributed by atoms with E-state index in [4.69, 9.17) is 4.74 Å². The molecule has 0 aliphatic heterocycles. The van der Waals surface area contributed by atoms with Gasteiger partial charge in [0, 0.05) is 18.0 Å². The minimum Gasteiger partial charge on any atom is -0.466 e. The van der Waals surface area contributed by atoms with Crippen LogP contribution in [0.3, 0.4) is 0 Å². The van der Waals surface area contributed by atoms with Crippen LogP contribution in [0.4, 0.5) is 4.39 Å². The molecule has 0 bridgehead atoms. The Bertz CT molecular complexity index is 1610. The van der Waals surface area contributed by atoms with E-state index in [-0.39, 0.29) is 29.9 Å². The molecule has 4 aromatic rings. The van der Waals surface area contributed by atoms with Gasteiger partial charge < -0.3 is 4.74 Å². The monoisotopic (exact) mass is 513 g/mol. The molecule has 2 heterocycles. The quantitative estimate of drug-likeness (QED) is 0.319. The molecule has 1 aliphatic carbocycles. The summed E-state index contributed by atoms with van der Waals surface area (Å²) in [6.07, 6.45) is 3.81. The van der Waals surface area contributed by atoms with Crippen molar-refractivity contribution < 1.29 is 13.9 Å². The third kappa shape index (κ3) is 4.47. The molecule has 1 saturated carbocycles. The number of halogens is 1. The fourth-order valence-electron chi connectivity index (χ4n) is 5.21. The third-order valence-corrected chi connectivity index (χ3v) is 7.19. The van der Waals surface area contributed by atoms with Gasteiger partial charge in [-0.25, -0.2) is 8.91 Å². The lowest BCUT2D eigenvalue weighted by Crippen LogP contribution is -2.40. The molecule has 2 aromatic heterocycles. The molecule has 1 aliphatic rings. The van der Waals surface area contributed by atoms with Crippen LogP contribution < -0.4 is 5.56 Å². The lowest BCUT2D eigenvalue weighted by atomic mass is 9.80. The zero-order chi connectivity index (χ0) is 26.8. The van der Waals surface area contributed by atoms with Gasteiger partial charge in [0.15, 0.2) is 0 Å². The molecule has 9 heteroatoms. The van der Waals surface area contributed by atoms with Gasteiger partial charge in [0.2, 0.25) is 5.78 Å². The summed E-state index contributed by atoms with van der Waals surface area (Å²) < 4.78 is 23.8. The van der Waals surface area contributed by atoms with Crippen LogP contribution in [0.5, 0.6) is 0 Å². The Morgan fingerprint density at radius 3 is 2.71 bits per heavy atom. The molecule has 0 N–H and O–H groups in total. The number of hydrogen-bond donors (Lipinski definition) is 0. The van der Waals surface area contributed by atoms with E-state index in [0.29, 0.717) is 65.2 Å². The summed E-state index contributed by atoms with van der Waals surface area (Å²) in [5.74, 6) is -0.529. The maximum atomic E-state index is 15.4. The van der Waals surface area contributed by atoms with Crippen LogP contribution >= 0.6 is 0 Å². The molecule has 8 nitrogen and oxygen atoms in total. The number of carbonyl (C=O) groups is 1. The summed E-state index contributed by atoms with van der Waals surface area (Å²) in [7, 11) is 0. The summed E-state index contributed by atoms with van der Waals surface area (Å²) in [5, 5.41) is 13.8. The van der Waals surface area contributed by atoms with Crippen LogP contribution in [0.25, 0.3) is 16.9 Å². The van der Waals surface area contributed by atoms with Gasteiger partial charge in [-0.2, -0.15) is 15.3 Å². The third-order valence-electron chi connectivity index (χ3n) is 7.19. The average molecular weight is 514 g/mol. The Hall–Kier alpha value is -4.32. The van der Waals surface area contributed by atoms with Gasteiger partial charge in [-0.1, -0.05) is 43.7 Å². The van der Waals surface area contributed by atoms with Gasteiger partial charge in [0.1, 0.15) is 12.1 Å². The zero-order valence-electron chi connectivity index (χ0n) is 21.4. The smallest absolute Gasteiger partial charge is 0.309 e. The van der Waals surface area contributed by atoms with Crippen LogP contribution in [0.2, 0.25) is 0 Å². The van der Waals surface area contributed by atoms with E-state index < -0.39 is 5.82 Å². The standard InChI is InChI=1S/C29H28FN5O3/c1-3-7-26-24(14-19-11-10-18(15-25(19)30)23-9-6-5-8-20(23)16-31)27(36)34(29-32-17-33-35(26)29)22-12-21(13-22)28(37)38-4-2/h5-6,8-11,15,17,21-22H,3-4,7,12-14H2,1-2H3/t21-,22-. The molecule has 2 aromatic carbocycles. The molecule has 38 heavy (non-hydrogen) atoms. The van der Waals surface area contributed by atoms with Crippen molar-refractivity contribution in [2.75, 3.05) is 6.61 Å². The Morgan fingerprint density at radius 1 is 1.21 bits per heavy atom. The normalized spacial score (nSPS) is 16.7.